The first kappa shape index (κ1) is 27.6. The van der Waals surface area contributed by atoms with E-state index in [9.17, 15) is 9.18 Å². The summed E-state index contributed by atoms with van der Waals surface area (Å²) in [4.78, 5) is 19.2. The molecule has 0 spiro atoms. The highest BCUT2D eigenvalue weighted by molar-refractivity contribution is 5.99. The van der Waals surface area contributed by atoms with Gasteiger partial charge in [-0.2, -0.15) is 0 Å². The van der Waals surface area contributed by atoms with E-state index < -0.39 is 6.03 Å². The molecule has 6 rings (SSSR count). The Bertz CT molecular complexity index is 1530. The fourth-order valence-electron chi connectivity index (χ4n) is 4.82. The molecule has 3 aromatic carbocycles. The van der Waals surface area contributed by atoms with Crippen LogP contribution in [-0.2, 0) is 4.74 Å². The molecule has 2 N–H and O–H groups in total. The first-order valence-electron chi connectivity index (χ1n) is 13.9. The van der Waals surface area contributed by atoms with Crippen LogP contribution >= 0.6 is 0 Å². The van der Waals surface area contributed by atoms with E-state index in [0.29, 0.717) is 70.8 Å². The number of halogens is 1. The number of benzene rings is 3. The van der Waals surface area contributed by atoms with Crippen molar-refractivity contribution in [2.24, 2.45) is 0 Å². The molecule has 0 unspecified atom stereocenters. The summed E-state index contributed by atoms with van der Waals surface area (Å²) in [6.45, 7) is 5.74. The van der Waals surface area contributed by atoms with Gasteiger partial charge in [0.1, 0.15) is 30.5 Å². The molecule has 1 fully saturated rings. The van der Waals surface area contributed by atoms with Gasteiger partial charge in [0.05, 0.1) is 30.7 Å². The Morgan fingerprint density at radius 1 is 0.881 bits per heavy atom. The van der Waals surface area contributed by atoms with Crippen molar-refractivity contribution >= 4 is 28.3 Å². The Balaban J connectivity index is 1.14. The van der Waals surface area contributed by atoms with Gasteiger partial charge in [-0.05, 0) is 61.0 Å². The predicted molar refractivity (Wildman–Crippen MR) is 156 cm³/mol. The number of hydrogen-bond acceptors (Lipinski definition) is 8. The van der Waals surface area contributed by atoms with Crippen LogP contribution in [0.2, 0.25) is 0 Å². The number of anilines is 2. The van der Waals surface area contributed by atoms with E-state index in [1.165, 1.54) is 24.3 Å². The molecule has 10 nitrogen and oxygen atoms in total. The predicted octanol–water partition coefficient (Wildman–Crippen LogP) is 5.68. The number of nitrogens with zero attached hydrogens (tertiary/aromatic N) is 2. The number of rotatable bonds is 9. The number of pyridine rings is 1. The summed E-state index contributed by atoms with van der Waals surface area (Å²) in [5, 5.41) is 6.09. The Morgan fingerprint density at radius 2 is 1.57 bits per heavy atom. The fourth-order valence-corrected chi connectivity index (χ4v) is 4.82. The standard InChI is InChI=1S/C31H31FN4O6/c32-21-2-4-22(5-3-21)34-31(37)35-23-6-8-24(9-7-23)42-26-10-11-33-25-20-27(29-30(28(25)26)41-19-18-40-29)39-15-1-12-36-13-16-38-17-14-36/h2-11,20H,1,12-19H2,(H2,34,35,37). The van der Waals surface area contributed by atoms with Gasteiger partial charge in [-0.3, -0.25) is 9.88 Å². The van der Waals surface area contributed by atoms with Crippen molar-refractivity contribution < 1.29 is 32.9 Å². The number of morpholine rings is 1. The summed E-state index contributed by atoms with van der Waals surface area (Å²) in [6.07, 6.45) is 2.55. The minimum atomic E-state index is -0.446. The quantitative estimate of drug-likeness (QED) is 0.246. The summed E-state index contributed by atoms with van der Waals surface area (Å²) in [7, 11) is 0. The number of ether oxygens (including phenoxy) is 5. The summed E-state index contributed by atoms with van der Waals surface area (Å²) in [5.74, 6) is 2.42. The maximum Gasteiger partial charge on any atom is 0.323 e. The van der Waals surface area contributed by atoms with E-state index in [4.69, 9.17) is 23.7 Å². The highest BCUT2D eigenvalue weighted by Gasteiger charge is 2.25. The van der Waals surface area contributed by atoms with Gasteiger partial charge in [0.2, 0.25) is 5.75 Å². The lowest BCUT2D eigenvalue weighted by atomic mass is 10.1. The van der Waals surface area contributed by atoms with Crippen LogP contribution in [0.3, 0.4) is 0 Å². The van der Waals surface area contributed by atoms with Crippen LogP contribution in [0.25, 0.3) is 10.9 Å². The van der Waals surface area contributed by atoms with E-state index in [1.807, 2.05) is 6.07 Å². The number of nitrogens with one attached hydrogen (secondary N) is 2. The first-order chi connectivity index (χ1) is 20.6. The van der Waals surface area contributed by atoms with Crippen LogP contribution in [0.15, 0.2) is 66.9 Å². The molecule has 0 bridgehead atoms. The highest BCUT2D eigenvalue weighted by atomic mass is 19.1. The third kappa shape index (κ3) is 6.64. The maximum absolute atomic E-state index is 13.1. The number of urea groups is 1. The number of aromatic nitrogens is 1. The molecule has 4 aromatic rings. The summed E-state index contributed by atoms with van der Waals surface area (Å²) in [6, 6.07) is 15.6. The van der Waals surface area contributed by atoms with Gasteiger partial charge in [0.25, 0.3) is 0 Å². The topological polar surface area (TPSA) is 103 Å². The van der Waals surface area contributed by atoms with E-state index in [1.54, 1.807) is 36.5 Å². The molecule has 1 saturated heterocycles. The third-order valence-electron chi connectivity index (χ3n) is 6.87. The van der Waals surface area contributed by atoms with Crippen molar-refractivity contribution in [3.63, 3.8) is 0 Å². The Kier molecular flexibility index (Phi) is 8.48. The normalized spacial score (nSPS) is 14.8. The third-order valence-corrected chi connectivity index (χ3v) is 6.87. The molecule has 42 heavy (non-hydrogen) atoms. The lowest BCUT2D eigenvalue weighted by molar-refractivity contribution is 0.0357. The van der Waals surface area contributed by atoms with Gasteiger partial charge in [-0.15, -0.1) is 0 Å². The zero-order valence-electron chi connectivity index (χ0n) is 22.9. The fraction of sp³-hybridized carbons (Fsp3) is 0.290. The zero-order chi connectivity index (χ0) is 28.7. The van der Waals surface area contributed by atoms with Crippen molar-refractivity contribution in [3.05, 3.63) is 72.7 Å². The molecule has 3 heterocycles. The highest BCUT2D eigenvalue weighted by Crippen LogP contribution is 2.48. The van der Waals surface area contributed by atoms with Crippen molar-refractivity contribution in [1.29, 1.82) is 0 Å². The summed E-state index contributed by atoms with van der Waals surface area (Å²) < 4.78 is 42.9. The van der Waals surface area contributed by atoms with E-state index in [0.717, 1.165) is 39.3 Å². The molecule has 2 aliphatic rings. The van der Waals surface area contributed by atoms with Crippen LogP contribution in [0.1, 0.15) is 6.42 Å². The van der Waals surface area contributed by atoms with Gasteiger partial charge in [0.15, 0.2) is 11.5 Å². The van der Waals surface area contributed by atoms with Gasteiger partial charge in [-0.25, -0.2) is 9.18 Å². The number of carbonyl (C=O) groups excluding carboxylic acids is 1. The summed E-state index contributed by atoms with van der Waals surface area (Å²) in [5.41, 5.74) is 1.70. The van der Waals surface area contributed by atoms with Crippen LogP contribution < -0.4 is 29.6 Å². The summed E-state index contributed by atoms with van der Waals surface area (Å²) >= 11 is 0. The molecule has 2 amide bonds. The van der Waals surface area contributed by atoms with Crippen LogP contribution in [-0.4, -0.2) is 68.6 Å². The SMILES string of the molecule is O=C(Nc1ccc(F)cc1)Nc1ccc(Oc2ccnc3cc(OCCCN4CCOCC4)c4c(c23)OCCO4)cc1. The monoisotopic (exact) mass is 574 g/mol. The number of amides is 2. The second-order valence-electron chi connectivity index (χ2n) is 9.80. The smallest absolute Gasteiger partial charge is 0.323 e. The molecule has 0 radical (unpaired) electrons. The molecular weight excluding hydrogens is 543 g/mol. The van der Waals surface area contributed by atoms with E-state index in [-0.39, 0.29) is 5.82 Å². The minimum absolute atomic E-state index is 0.373. The zero-order valence-corrected chi connectivity index (χ0v) is 22.9. The second kappa shape index (κ2) is 12.9. The lowest BCUT2D eigenvalue weighted by Gasteiger charge is -2.26. The number of carbonyl (C=O) groups is 1. The Labute approximate surface area is 242 Å². The van der Waals surface area contributed by atoms with Crippen molar-refractivity contribution in [2.75, 3.05) is 63.3 Å². The van der Waals surface area contributed by atoms with Crippen LogP contribution in [0.5, 0.6) is 28.7 Å². The molecule has 1 aromatic heterocycles. The molecule has 2 aliphatic heterocycles. The maximum atomic E-state index is 13.1. The lowest BCUT2D eigenvalue weighted by Crippen LogP contribution is -2.37. The first-order valence-corrected chi connectivity index (χ1v) is 13.9. The number of fused-ring (bicyclic) bond motifs is 3. The minimum Gasteiger partial charge on any atom is -0.489 e. The van der Waals surface area contributed by atoms with Crippen molar-refractivity contribution in [2.45, 2.75) is 6.42 Å². The van der Waals surface area contributed by atoms with Gasteiger partial charge in [-0.1, -0.05) is 0 Å². The molecule has 0 atom stereocenters. The molecule has 0 saturated carbocycles. The average Bonchev–Trinajstić information content (AvgIpc) is 3.02. The molecule has 0 aliphatic carbocycles. The van der Waals surface area contributed by atoms with Gasteiger partial charge in [0, 0.05) is 43.3 Å². The van der Waals surface area contributed by atoms with Crippen molar-refractivity contribution in [3.8, 4) is 28.7 Å². The van der Waals surface area contributed by atoms with E-state index in [2.05, 4.69) is 20.5 Å². The van der Waals surface area contributed by atoms with Crippen molar-refractivity contribution in [1.82, 2.24) is 9.88 Å². The molecule has 218 valence electrons. The Hall–Kier alpha value is -4.61. The molecular formula is C31H31FN4O6. The number of hydrogen-bond donors (Lipinski definition) is 2. The Morgan fingerprint density at radius 3 is 2.31 bits per heavy atom. The largest absolute Gasteiger partial charge is 0.489 e. The second-order valence-corrected chi connectivity index (χ2v) is 9.80. The van der Waals surface area contributed by atoms with E-state index >= 15 is 0 Å². The van der Waals surface area contributed by atoms with Gasteiger partial charge < -0.3 is 34.3 Å². The molecule has 11 heteroatoms. The van der Waals surface area contributed by atoms with Gasteiger partial charge >= 0.3 is 6.03 Å². The van der Waals surface area contributed by atoms with Crippen LogP contribution in [0, 0.1) is 5.82 Å². The van der Waals surface area contributed by atoms with Crippen LogP contribution in [0.4, 0.5) is 20.6 Å². The average molecular weight is 575 g/mol.